The summed E-state index contributed by atoms with van der Waals surface area (Å²) >= 11 is 0. The summed E-state index contributed by atoms with van der Waals surface area (Å²) < 4.78 is 5.97. The number of carbonyl (C=O) groups is 1. The summed E-state index contributed by atoms with van der Waals surface area (Å²) in [7, 11) is 0. The molecule has 0 saturated heterocycles. The second-order valence-electron chi connectivity index (χ2n) is 6.90. The van der Waals surface area contributed by atoms with Gasteiger partial charge in [-0.05, 0) is 61.7 Å². The van der Waals surface area contributed by atoms with Gasteiger partial charge in [0.1, 0.15) is 11.5 Å². The molecule has 4 heteroatoms. The lowest BCUT2D eigenvalue weighted by atomic mass is 10.0. The van der Waals surface area contributed by atoms with E-state index in [0.717, 1.165) is 11.4 Å². The molecular weight excluding hydrogens is 336 g/mol. The first-order chi connectivity index (χ1) is 12.9. The number of benzene rings is 2. The zero-order chi connectivity index (χ0) is 19.4. The number of aryl methyl sites for hydroxylation is 2. The van der Waals surface area contributed by atoms with Crippen LogP contribution in [0.25, 0.3) is 0 Å². The molecule has 2 aromatic carbocycles. The molecule has 0 fully saturated rings. The Morgan fingerprint density at radius 3 is 2.37 bits per heavy atom. The number of ether oxygens (including phenoxy) is 1. The zero-order valence-corrected chi connectivity index (χ0v) is 16.1. The number of hydrogen-bond acceptors (Lipinski definition) is 3. The van der Waals surface area contributed by atoms with Crippen molar-refractivity contribution in [3.05, 3.63) is 83.2 Å². The second kappa shape index (κ2) is 8.04. The number of aromatic nitrogens is 1. The van der Waals surface area contributed by atoms with E-state index in [4.69, 9.17) is 4.74 Å². The monoisotopic (exact) mass is 360 g/mol. The molecule has 3 rings (SSSR count). The van der Waals surface area contributed by atoms with Gasteiger partial charge in [-0.3, -0.25) is 9.78 Å². The van der Waals surface area contributed by atoms with Crippen LogP contribution in [0.1, 0.15) is 47.1 Å². The van der Waals surface area contributed by atoms with Crippen molar-refractivity contribution in [2.75, 3.05) is 5.32 Å². The molecule has 1 N–H and O–H groups in total. The number of rotatable bonds is 5. The van der Waals surface area contributed by atoms with Gasteiger partial charge < -0.3 is 10.1 Å². The van der Waals surface area contributed by atoms with E-state index in [-0.39, 0.29) is 5.91 Å². The molecule has 4 nitrogen and oxygen atoms in total. The molecule has 0 aliphatic rings. The molecule has 27 heavy (non-hydrogen) atoms. The predicted octanol–water partition coefficient (Wildman–Crippen LogP) is 5.87. The van der Waals surface area contributed by atoms with Crippen LogP contribution in [0, 0.1) is 13.8 Å². The maximum absolute atomic E-state index is 12.5. The average molecular weight is 360 g/mol. The van der Waals surface area contributed by atoms with Crippen LogP contribution in [0.3, 0.4) is 0 Å². The minimum absolute atomic E-state index is 0.182. The van der Waals surface area contributed by atoms with Crippen LogP contribution in [0.2, 0.25) is 0 Å². The van der Waals surface area contributed by atoms with Crippen LogP contribution in [-0.4, -0.2) is 10.9 Å². The molecule has 0 unspecified atom stereocenters. The Labute approximate surface area is 160 Å². The highest BCUT2D eigenvalue weighted by Crippen LogP contribution is 2.27. The van der Waals surface area contributed by atoms with Crippen molar-refractivity contribution in [1.82, 2.24) is 4.98 Å². The predicted molar refractivity (Wildman–Crippen MR) is 109 cm³/mol. The lowest BCUT2D eigenvalue weighted by molar-refractivity contribution is 0.102. The van der Waals surface area contributed by atoms with Gasteiger partial charge in [0.2, 0.25) is 0 Å². The van der Waals surface area contributed by atoms with E-state index >= 15 is 0 Å². The summed E-state index contributed by atoms with van der Waals surface area (Å²) in [5.41, 5.74) is 4.07. The van der Waals surface area contributed by atoms with Crippen LogP contribution in [-0.2, 0) is 0 Å². The Morgan fingerprint density at radius 2 is 1.67 bits per heavy atom. The fourth-order valence-electron chi connectivity index (χ4n) is 2.84. The van der Waals surface area contributed by atoms with Gasteiger partial charge in [0, 0.05) is 17.4 Å². The maximum Gasteiger partial charge on any atom is 0.257 e. The first-order valence-electron chi connectivity index (χ1n) is 9.06. The largest absolute Gasteiger partial charge is 0.457 e. The summed E-state index contributed by atoms with van der Waals surface area (Å²) in [6, 6.07) is 19.1. The van der Waals surface area contributed by atoms with Crippen LogP contribution in [0.4, 0.5) is 5.69 Å². The van der Waals surface area contributed by atoms with Gasteiger partial charge in [0.05, 0.1) is 11.3 Å². The highest BCUT2D eigenvalue weighted by Gasteiger charge is 2.11. The summed E-state index contributed by atoms with van der Waals surface area (Å²) in [5.74, 6) is 1.71. The minimum atomic E-state index is -0.182. The highest BCUT2D eigenvalue weighted by atomic mass is 16.5. The summed E-state index contributed by atoms with van der Waals surface area (Å²) in [4.78, 5) is 16.9. The minimum Gasteiger partial charge on any atom is -0.457 e. The van der Waals surface area contributed by atoms with Gasteiger partial charge in [0.15, 0.2) is 0 Å². The van der Waals surface area contributed by atoms with Gasteiger partial charge in [0.25, 0.3) is 5.91 Å². The van der Waals surface area contributed by atoms with E-state index in [1.165, 1.54) is 5.56 Å². The van der Waals surface area contributed by atoms with Crippen LogP contribution < -0.4 is 10.1 Å². The number of hydrogen-bond donors (Lipinski definition) is 1. The summed E-state index contributed by atoms with van der Waals surface area (Å²) in [6.07, 6.45) is 0. The molecule has 1 heterocycles. The molecule has 0 aliphatic carbocycles. The zero-order valence-electron chi connectivity index (χ0n) is 16.1. The van der Waals surface area contributed by atoms with Crippen LogP contribution >= 0.6 is 0 Å². The van der Waals surface area contributed by atoms with Crippen molar-refractivity contribution >= 4 is 11.6 Å². The number of nitrogens with zero attached hydrogens (tertiary/aromatic N) is 1. The van der Waals surface area contributed by atoms with Crippen molar-refractivity contribution in [3.8, 4) is 11.5 Å². The Balaban J connectivity index is 1.75. The van der Waals surface area contributed by atoms with Crippen LogP contribution in [0.15, 0.2) is 60.7 Å². The Morgan fingerprint density at radius 1 is 0.963 bits per heavy atom. The third kappa shape index (κ3) is 4.73. The topological polar surface area (TPSA) is 51.2 Å². The van der Waals surface area contributed by atoms with Gasteiger partial charge >= 0.3 is 0 Å². The van der Waals surface area contributed by atoms with E-state index in [1.54, 1.807) is 6.07 Å². The SMILES string of the molecule is Cc1ccc(C(=O)Nc2cccc(Oc3cccc(C(C)C)c3)c2)c(C)n1. The van der Waals surface area contributed by atoms with Crippen molar-refractivity contribution in [3.63, 3.8) is 0 Å². The van der Waals surface area contributed by atoms with E-state index in [9.17, 15) is 4.79 Å². The van der Waals surface area contributed by atoms with Crippen molar-refractivity contribution in [1.29, 1.82) is 0 Å². The fraction of sp³-hybridized carbons (Fsp3) is 0.217. The van der Waals surface area contributed by atoms with E-state index in [0.29, 0.717) is 28.6 Å². The van der Waals surface area contributed by atoms with E-state index in [2.05, 4.69) is 30.2 Å². The standard InChI is InChI=1S/C23H24N2O2/c1-15(2)18-7-5-9-20(13-18)27-21-10-6-8-19(14-21)25-23(26)22-12-11-16(3)24-17(22)4/h5-15H,1-4H3,(H,25,26). The van der Waals surface area contributed by atoms with E-state index < -0.39 is 0 Å². The highest BCUT2D eigenvalue weighted by molar-refractivity contribution is 6.05. The summed E-state index contributed by atoms with van der Waals surface area (Å²) in [5, 5.41) is 2.92. The molecule has 0 spiro atoms. The number of carbonyl (C=O) groups excluding carboxylic acids is 1. The van der Waals surface area contributed by atoms with Gasteiger partial charge in [-0.1, -0.05) is 32.0 Å². The normalized spacial score (nSPS) is 10.7. The number of amides is 1. The first kappa shape index (κ1) is 18.6. The van der Waals surface area contributed by atoms with Crippen molar-refractivity contribution in [2.24, 2.45) is 0 Å². The Kier molecular flexibility index (Phi) is 5.55. The third-order valence-corrected chi connectivity index (χ3v) is 4.32. The maximum atomic E-state index is 12.5. The lowest BCUT2D eigenvalue weighted by Gasteiger charge is -2.12. The average Bonchev–Trinajstić information content (AvgIpc) is 2.62. The number of pyridine rings is 1. The van der Waals surface area contributed by atoms with Gasteiger partial charge in [-0.2, -0.15) is 0 Å². The van der Waals surface area contributed by atoms with Gasteiger partial charge in [-0.25, -0.2) is 0 Å². The molecule has 0 atom stereocenters. The molecule has 1 aromatic heterocycles. The van der Waals surface area contributed by atoms with Crippen molar-refractivity contribution in [2.45, 2.75) is 33.6 Å². The smallest absolute Gasteiger partial charge is 0.257 e. The third-order valence-electron chi connectivity index (χ3n) is 4.32. The lowest BCUT2D eigenvalue weighted by Crippen LogP contribution is -2.14. The first-order valence-corrected chi connectivity index (χ1v) is 9.06. The van der Waals surface area contributed by atoms with Crippen molar-refractivity contribution < 1.29 is 9.53 Å². The number of anilines is 1. The second-order valence-corrected chi connectivity index (χ2v) is 6.90. The molecule has 0 radical (unpaired) electrons. The summed E-state index contributed by atoms with van der Waals surface area (Å²) in [6.45, 7) is 8.04. The molecular formula is C23H24N2O2. The fourth-order valence-corrected chi connectivity index (χ4v) is 2.84. The quantitative estimate of drug-likeness (QED) is 0.619. The Hall–Kier alpha value is -3.14. The molecule has 0 aliphatic heterocycles. The molecule has 1 amide bonds. The molecule has 138 valence electrons. The molecule has 0 bridgehead atoms. The van der Waals surface area contributed by atoms with Crippen LogP contribution in [0.5, 0.6) is 11.5 Å². The van der Waals surface area contributed by atoms with E-state index in [1.807, 2.05) is 62.4 Å². The number of nitrogens with one attached hydrogen (secondary N) is 1. The molecule has 0 saturated carbocycles. The van der Waals surface area contributed by atoms with Gasteiger partial charge in [-0.15, -0.1) is 0 Å². The molecule has 3 aromatic rings. The Bertz CT molecular complexity index is 964.